The van der Waals surface area contributed by atoms with Crippen molar-refractivity contribution >= 4 is 17.6 Å². The second-order valence-electron chi connectivity index (χ2n) is 2.65. The van der Waals surface area contributed by atoms with Gasteiger partial charge in [-0.15, -0.1) is 0 Å². The van der Waals surface area contributed by atoms with Gasteiger partial charge in [0.15, 0.2) is 5.16 Å². The van der Waals surface area contributed by atoms with Gasteiger partial charge in [-0.1, -0.05) is 11.8 Å². The van der Waals surface area contributed by atoms with Crippen LogP contribution < -0.4 is 16.0 Å². The fraction of sp³-hybridized carbons (Fsp3) is 0.500. The fourth-order valence-electron chi connectivity index (χ4n) is 0.884. The highest BCUT2D eigenvalue weighted by Crippen LogP contribution is 2.18. The molecule has 0 aliphatic carbocycles. The van der Waals surface area contributed by atoms with Crippen molar-refractivity contribution in [2.45, 2.75) is 11.6 Å². The van der Waals surface area contributed by atoms with E-state index >= 15 is 0 Å². The van der Waals surface area contributed by atoms with E-state index in [-0.39, 0.29) is 6.61 Å². The summed E-state index contributed by atoms with van der Waals surface area (Å²) in [5.41, 5.74) is 2.44. The number of thioether (sulfide) groups is 1. The number of hydrogen-bond acceptors (Lipinski definition) is 7. The lowest BCUT2D eigenvalue weighted by molar-refractivity contribution is 0.228. The van der Waals surface area contributed by atoms with Crippen LogP contribution in [0.4, 0.5) is 5.82 Å². The van der Waals surface area contributed by atoms with Crippen molar-refractivity contribution in [3.8, 4) is 5.88 Å². The largest absolute Gasteiger partial charge is 0.477 e. The summed E-state index contributed by atoms with van der Waals surface area (Å²) in [4.78, 5) is 8.21. The predicted octanol–water partition coefficient (Wildman–Crippen LogP) is 0.245. The zero-order chi connectivity index (χ0) is 11.1. The Hall–Kier alpha value is -1.05. The van der Waals surface area contributed by atoms with E-state index in [0.717, 1.165) is 0 Å². The monoisotopic (exact) mass is 230 g/mol. The van der Waals surface area contributed by atoms with Crippen LogP contribution in [-0.2, 0) is 0 Å². The number of aliphatic hydroxyl groups excluding tert-OH is 1. The van der Waals surface area contributed by atoms with Crippen molar-refractivity contribution in [3.05, 3.63) is 6.07 Å². The molecule has 84 valence electrons. The van der Waals surface area contributed by atoms with Gasteiger partial charge in [-0.25, -0.2) is 10.8 Å². The van der Waals surface area contributed by atoms with Gasteiger partial charge in [0.2, 0.25) is 5.88 Å². The van der Waals surface area contributed by atoms with Gasteiger partial charge in [0.05, 0.1) is 6.61 Å². The molecule has 0 amide bonds. The first-order valence-corrected chi connectivity index (χ1v) is 5.66. The summed E-state index contributed by atoms with van der Waals surface area (Å²) in [7, 11) is 0. The lowest BCUT2D eigenvalue weighted by Crippen LogP contribution is -2.10. The number of aliphatic hydroxyl groups is 1. The molecule has 0 radical (unpaired) electrons. The maximum atomic E-state index is 8.60. The number of ether oxygens (including phenoxy) is 1. The molecular formula is C8H14N4O2S. The highest BCUT2D eigenvalue weighted by Gasteiger charge is 2.03. The van der Waals surface area contributed by atoms with Gasteiger partial charge in [-0.2, -0.15) is 4.98 Å². The number of hydrazine groups is 1. The second kappa shape index (κ2) is 6.44. The molecule has 0 saturated heterocycles. The molecule has 1 heterocycles. The van der Waals surface area contributed by atoms with Crippen molar-refractivity contribution < 1.29 is 9.84 Å². The van der Waals surface area contributed by atoms with E-state index in [0.29, 0.717) is 29.9 Å². The fourth-order valence-corrected chi connectivity index (χ4v) is 1.26. The number of nitrogen functional groups attached to an aromatic ring is 1. The molecule has 0 fully saturated rings. The number of rotatable bonds is 6. The maximum absolute atomic E-state index is 8.60. The van der Waals surface area contributed by atoms with Gasteiger partial charge >= 0.3 is 0 Å². The molecule has 0 aliphatic rings. The van der Waals surface area contributed by atoms with Crippen LogP contribution >= 0.6 is 11.8 Å². The number of aromatic nitrogens is 2. The van der Waals surface area contributed by atoms with Crippen molar-refractivity contribution in [3.63, 3.8) is 0 Å². The standard InChI is InChI=1S/C8H14N4O2S/c1-15-8-10-6(12-9)5-7(11-8)14-4-2-3-13/h5,13H,2-4,9H2,1H3,(H,10,11,12). The van der Waals surface area contributed by atoms with Crippen molar-refractivity contribution in [1.29, 1.82) is 0 Å². The van der Waals surface area contributed by atoms with E-state index in [4.69, 9.17) is 15.7 Å². The maximum Gasteiger partial charge on any atom is 0.219 e. The summed E-state index contributed by atoms with van der Waals surface area (Å²) in [6, 6.07) is 1.61. The molecule has 0 spiro atoms. The summed E-state index contributed by atoms with van der Waals surface area (Å²) in [6.45, 7) is 0.522. The Morgan fingerprint density at radius 2 is 2.40 bits per heavy atom. The molecule has 0 bridgehead atoms. The van der Waals surface area contributed by atoms with E-state index in [1.165, 1.54) is 11.8 Å². The molecule has 7 heteroatoms. The van der Waals surface area contributed by atoms with Crippen LogP contribution in [0.2, 0.25) is 0 Å². The van der Waals surface area contributed by atoms with E-state index in [1.807, 2.05) is 6.26 Å². The van der Waals surface area contributed by atoms with Gasteiger partial charge in [0, 0.05) is 19.1 Å². The van der Waals surface area contributed by atoms with Crippen LogP contribution in [-0.4, -0.2) is 34.5 Å². The minimum absolute atomic E-state index is 0.0997. The third-order valence-electron chi connectivity index (χ3n) is 1.56. The molecule has 4 N–H and O–H groups in total. The average molecular weight is 230 g/mol. The van der Waals surface area contributed by atoms with E-state index in [2.05, 4.69) is 15.4 Å². The lowest BCUT2D eigenvalue weighted by Gasteiger charge is -2.07. The number of nitrogens with zero attached hydrogens (tertiary/aromatic N) is 2. The van der Waals surface area contributed by atoms with Crippen molar-refractivity contribution in [2.75, 3.05) is 24.9 Å². The third kappa shape index (κ3) is 3.90. The van der Waals surface area contributed by atoms with Crippen LogP contribution in [0, 0.1) is 0 Å². The summed E-state index contributed by atoms with van der Waals surface area (Å²) in [5.74, 6) is 6.21. The van der Waals surface area contributed by atoms with Crippen LogP contribution in [0.25, 0.3) is 0 Å². The molecule has 0 unspecified atom stereocenters. The van der Waals surface area contributed by atoms with Crippen molar-refractivity contribution in [1.82, 2.24) is 9.97 Å². The number of nitrogens with two attached hydrogens (primary N) is 1. The molecular weight excluding hydrogens is 216 g/mol. The van der Waals surface area contributed by atoms with Gasteiger partial charge in [-0.3, -0.25) is 0 Å². The lowest BCUT2D eigenvalue weighted by atomic mass is 10.5. The first-order chi connectivity index (χ1) is 7.30. The zero-order valence-electron chi connectivity index (χ0n) is 8.43. The summed E-state index contributed by atoms with van der Waals surface area (Å²) < 4.78 is 5.31. The van der Waals surface area contributed by atoms with Crippen LogP contribution in [0.3, 0.4) is 0 Å². The second-order valence-corrected chi connectivity index (χ2v) is 3.42. The molecule has 1 aromatic heterocycles. The van der Waals surface area contributed by atoms with E-state index < -0.39 is 0 Å². The number of nitrogens with one attached hydrogen (secondary N) is 1. The van der Waals surface area contributed by atoms with Gasteiger partial charge in [0.1, 0.15) is 5.82 Å². The quantitative estimate of drug-likeness (QED) is 0.212. The van der Waals surface area contributed by atoms with Crippen molar-refractivity contribution in [2.24, 2.45) is 5.84 Å². The van der Waals surface area contributed by atoms with Gasteiger partial charge in [0.25, 0.3) is 0 Å². The SMILES string of the molecule is CSc1nc(NN)cc(OCCCO)n1. The van der Waals surface area contributed by atoms with Gasteiger partial charge in [-0.05, 0) is 6.26 Å². The summed E-state index contributed by atoms with van der Waals surface area (Å²) >= 11 is 1.40. The first-order valence-electron chi connectivity index (χ1n) is 4.43. The summed E-state index contributed by atoms with van der Waals surface area (Å²) in [6.07, 6.45) is 2.44. The molecule has 0 aliphatic heterocycles. The highest BCUT2D eigenvalue weighted by molar-refractivity contribution is 7.98. The average Bonchev–Trinajstić information content (AvgIpc) is 2.29. The van der Waals surface area contributed by atoms with E-state index in [1.54, 1.807) is 6.07 Å². The number of anilines is 1. The Labute approximate surface area is 92.2 Å². The minimum Gasteiger partial charge on any atom is -0.477 e. The molecule has 1 rings (SSSR count). The zero-order valence-corrected chi connectivity index (χ0v) is 9.25. The summed E-state index contributed by atoms with van der Waals surface area (Å²) in [5, 5.41) is 9.18. The molecule has 0 atom stereocenters. The normalized spacial score (nSPS) is 10.1. The smallest absolute Gasteiger partial charge is 0.219 e. The highest BCUT2D eigenvalue weighted by atomic mass is 32.2. The Morgan fingerprint density at radius 3 is 3.00 bits per heavy atom. The Morgan fingerprint density at radius 1 is 1.60 bits per heavy atom. The van der Waals surface area contributed by atoms with Crippen LogP contribution in [0.5, 0.6) is 5.88 Å². The molecule has 1 aromatic rings. The molecule has 6 nitrogen and oxygen atoms in total. The Kier molecular flexibility index (Phi) is 5.16. The number of hydrogen-bond donors (Lipinski definition) is 3. The predicted molar refractivity (Wildman–Crippen MR) is 58.8 cm³/mol. The molecule has 0 aromatic carbocycles. The Balaban J connectivity index is 2.68. The first kappa shape index (κ1) is 12.0. The van der Waals surface area contributed by atoms with Crippen LogP contribution in [0.15, 0.2) is 11.2 Å². The van der Waals surface area contributed by atoms with Gasteiger partial charge < -0.3 is 15.3 Å². The third-order valence-corrected chi connectivity index (χ3v) is 2.11. The Bertz CT molecular complexity index is 288. The van der Waals surface area contributed by atoms with E-state index in [9.17, 15) is 0 Å². The van der Waals surface area contributed by atoms with Crippen LogP contribution in [0.1, 0.15) is 6.42 Å². The topological polar surface area (TPSA) is 93.3 Å². The minimum atomic E-state index is 0.0997. The molecule has 0 saturated carbocycles. The molecule has 15 heavy (non-hydrogen) atoms.